The second-order valence-corrected chi connectivity index (χ2v) is 10.2. The number of halogens is 1. The summed E-state index contributed by atoms with van der Waals surface area (Å²) in [6.45, 7) is 8.82. The van der Waals surface area contributed by atoms with Crippen molar-refractivity contribution in [3.8, 4) is 0 Å². The summed E-state index contributed by atoms with van der Waals surface area (Å²) in [5.74, 6) is 2.72. The van der Waals surface area contributed by atoms with E-state index in [0.29, 0.717) is 11.6 Å². The minimum atomic E-state index is -0.171. The highest BCUT2D eigenvalue weighted by Gasteiger charge is 2.42. The number of hydrogen-bond donors (Lipinski definition) is 3. The average Bonchev–Trinajstić information content (AvgIpc) is 3.27. The largest absolute Gasteiger partial charge is 0.459 e. The van der Waals surface area contributed by atoms with Gasteiger partial charge in [0.2, 0.25) is 0 Å². The second kappa shape index (κ2) is 9.37. The molecule has 3 aliphatic rings. The van der Waals surface area contributed by atoms with Crippen LogP contribution < -0.4 is 20.9 Å². The van der Waals surface area contributed by atoms with Crippen LogP contribution in [0.5, 0.6) is 0 Å². The Kier molecular flexibility index (Phi) is 6.08. The lowest BCUT2D eigenvalue weighted by Crippen LogP contribution is -2.48. The molecule has 3 aromatic rings. The number of benzene rings is 1. The zero-order valence-electron chi connectivity index (χ0n) is 20.0. The first kappa shape index (κ1) is 22.7. The third-order valence-electron chi connectivity index (χ3n) is 7.43. The molecule has 4 heterocycles. The molecule has 1 saturated heterocycles. The molecule has 184 valence electrons. The Hall–Kier alpha value is -2.74. The number of hydrogen-bond acceptors (Lipinski definition) is 7. The summed E-state index contributed by atoms with van der Waals surface area (Å²) < 4.78 is 11.9. The number of ether oxygens (including phenoxy) is 1. The maximum Gasteiger partial charge on any atom is 0.142 e. The highest BCUT2D eigenvalue weighted by molar-refractivity contribution is 6.34. The minimum absolute atomic E-state index is 0.171. The average molecular weight is 494 g/mol. The normalized spacial score (nSPS) is 19.5. The number of nitrogens with one attached hydrogen (secondary N) is 3. The maximum atomic E-state index is 6.75. The molecule has 1 aromatic carbocycles. The minimum Gasteiger partial charge on any atom is -0.459 e. The van der Waals surface area contributed by atoms with Crippen LogP contribution in [0, 0.1) is 0 Å². The van der Waals surface area contributed by atoms with E-state index in [0.717, 1.165) is 90.9 Å². The van der Waals surface area contributed by atoms with Gasteiger partial charge in [-0.25, -0.2) is 4.98 Å². The molecular weight excluding hydrogens is 462 g/mol. The molecule has 0 amide bonds. The standard InChI is InChI=1S/C27H32ClN5O2/c1-18-31-25-22(28)14-20-13-21(35-26(20)24(25)27(32-18)7-3-2-4-8-27)17-29-15-19-5-6-23(30-16-19)33-9-11-34-12-10-33/h5-6,13-14,16,29,31-32H,1-4,7-12,15,17H2. The fraction of sp³-hybridized carbons (Fsp3) is 0.444. The van der Waals surface area contributed by atoms with Crippen LogP contribution >= 0.6 is 11.6 Å². The van der Waals surface area contributed by atoms with Gasteiger partial charge in [0.15, 0.2) is 0 Å². The molecule has 2 aliphatic heterocycles. The van der Waals surface area contributed by atoms with Crippen LogP contribution in [0.25, 0.3) is 11.0 Å². The van der Waals surface area contributed by atoms with Crippen molar-refractivity contribution in [1.82, 2.24) is 15.6 Å². The lowest BCUT2D eigenvalue weighted by atomic mass is 9.74. The molecule has 35 heavy (non-hydrogen) atoms. The molecule has 0 bridgehead atoms. The van der Waals surface area contributed by atoms with Crippen molar-refractivity contribution in [2.24, 2.45) is 0 Å². The van der Waals surface area contributed by atoms with Gasteiger partial charge in [0.05, 0.1) is 41.8 Å². The Morgan fingerprint density at radius 1 is 1.11 bits per heavy atom. The molecule has 0 unspecified atom stereocenters. The van der Waals surface area contributed by atoms with Crippen LogP contribution in [0.15, 0.2) is 47.3 Å². The van der Waals surface area contributed by atoms with Gasteiger partial charge in [-0.05, 0) is 36.6 Å². The smallest absolute Gasteiger partial charge is 0.142 e. The van der Waals surface area contributed by atoms with Crippen molar-refractivity contribution < 1.29 is 9.15 Å². The summed E-state index contributed by atoms with van der Waals surface area (Å²) in [5, 5.41) is 12.3. The van der Waals surface area contributed by atoms with Crippen molar-refractivity contribution in [2.75, 3.05) is 36.5 Å². The summed E-state index contributed by atoms with van der Waals surface area (Å²) in [7, 11) is 0. The third-order valence-corrected chi connectivity index (χ3v) is 7.73. The van der Waals surface area contributed by atoms with Gasteiger partial charge in [0.1, 0.15) is 17.2 Å². The number of furan rings is 1. The molecule has 1 aliphatic carbocycles. The van der Waals surface area contributed by atoms with E-state index in [4.69, 9.17) is 20.8 Å². The van der Waals surface area contributed by atoms with Crippen LogP contribution in [-0.4, -0.2) is 31.3 Å². The van der Waals surface area contributed by atoms with E-state index >= 15 is 0 Å². The lowest BCUT2D eigenvalue weighted by Gasteiger charge is -2.44. The van der Waals surface area contributed by atoms with Crippen molar-refractivity contribution in [1.29, 1.82) is 0 Å². The number of rotatable bonds is 5. The van der Waals surface area contributed by atoms with Crippen LogP contribution in [0.3, 0.4) is 0 Å². The van der Waals surface area contributed by atoms with Crippen LogP contribution in [-0.2, 0) is 23.4 Å². The topological polar surface area (TPSA) is 74.6 Å². The lowest BCUT2D eigenvalue weighted by molar-refractivity contribution is 0.122. The van der Waals surface area contributed by atoms with Gasteiger partial charge >= 0.3 is 0 Å². The van der Waals surface area contributed by atoms with Gasteiger partial charge in [-0.15, -0.1) is 0 Å². The van der Waals surface area contributed by atoms with E-state index in [1.54, 1.807) is 0 Å². The summed E-state index contributed by atoms with van der Waals surface area (Å²) in [6, 6.07) is 8.33. The Morgan fingerprint density at radius 3 is 2.71 bits per heavy atom. The Labute approximate surface area is 210 Å². The first-order chi connectivity index (χ1) is 17.1. The van der Waals surface area contributed by atoms with Crippen LogP contribution in [0.2, 0.25) is 5.02 Å². The predicted molar refractivity (Wildman–Crippen MR) is 140 cm³/mol. The second-order valence-electron chi connectivity index (χ2n) is 9.84. The molecule has 2 fully saturated rings. The third kappa shape index (κ3) is 4.37. The van der Waals surface area contributed by atoms with Crippen molar-refractivity contribution in [3.05, 3.63) is 64.8 Å². The number of fused-ring (bicyclic) bond motifs is 4. The van der Waals surface area contributed by atoms with Crippen molar-refractivity contribution in [3.63, 3.8) is 0 Å². The highest BCUT2D eigenvalue weighted by atomic mass is 35.5. The summed E-state index contributed by atoms with van der Waals surface area (Å²) in [4.78, 5) is 6.91. The Morgan fingerprint density at radius 2 is 1.94 bits per heavy atom. The molecule has 0 atom stereocenters. The first-order valence-corrected chi connectivity index (χ1v) is 13.0. The number of anilines is 2. The Balaban J connectivity index is 1.19. The van der Waals surface area contributed by atoms with E-state index in [-0.39, 0.29) is 5.54 Å². The van der Waals surface area contributed by atoms with Crippen LogP contribution in [0.4, 0.5) is 11.5 Å². The number of pyridine rings is 1. The maximum absolute atomic E-state index is 6.75. The van der Waals surface area contributed by atoms with Gasteiger partial charge in [-0.1, -0.05) is 43.5 Å². The van der Waals surface area contributed by atoms with E-state index in [2.05, 4.69) is 50.6 Å². The molecule has 3 N–H and O–H groups in total. The summed E-state index contributed by atoms with van der Waals surface area (Å²) in [6.07, 6.45) is 7.68. The molecule has 7 nitrogen and oxygen atoms in total. The summed E-state index contributed by atoms with van der Waals surface area (Å²) >= 11 is 6.75. The van der Waals surface area contributed by atoms with Gasteiger partial charge in [-0.3, -0.25) is 0 Å². The van der Waals surface area contributed by atoms with E-state index in [1.165, 1.54) is 19.3 Å². The monoisotopic (exact) mass is 493 g/mol. The number of aromatic nitrogens is 1. The number of morpholine rings is 1. The van der Waals surface area contributed by atoms with E-state index in [9.17, 15) is 0 Å². The molecule has 0 radical (unpaired) electrons. The first-order valence-electron chi connectivity index (χ1n) is 12.6. The molecule has 2 aromatic heterocycles. The van der Waals surface area contributed by atoms with Gasteiger partial charge in [0, 0.05) is 36.8 Å². The highest BCUT2D eigenvalue weighted by Crippen LogP contribution is 2.49. The zero-order valence-corrected chi connectivity index (χ0v) is 20.7. The quantitative estimate of drug-likeness (QED) is 0.448. The predicted octanol–water partition coefficient (Wildman–Crippen LogP) is 5.25. The molecule has 8 heteroatoms. The fourth-order valence-corrected chi connectivity index (χ4v) is 6.02. The van der Waals surface area contributed by atoms with Gasteiger partial charge < -0.3 is 30.0 Å². The SMILES string of the molecule is C=C1Nc2c(Cl)cc3cc(CNCc4ccc(N5CCOCC5)nc4)oc3c2C2(CCCCC2)N1. The molecule has 1 saturated carbocycles. The Bertz CT molecular complexity index is 1230. The fourth-order valence-electron chi connectivity index (χ4n) is 5.76. The van der Waals surface area contributed by atoms with E-state index < -0.39 is 0 Å². The van der Waals surface area contributed by atoms with E-state index in [1.807, 2.05) is 12.3 Å². The van der Waals surface area contributed by atoms with Gasteiger partial charge in [0.25, 0.3) is 0 Å². The van der Waals surface area contributed by atoms with Crippen molar-refractivity contribution >= 4 is 34.1 Å². The number of nitrogens with zero attached hydrogens (tertiary/aromatic N) is 2. The zero-order chi connectivity index (χ0) is 23.8. The molecule has 1 spiro atoms. The van der Waals surface area contributed by atoms with Crippen molar-refractivity contribution in [2.45, 2.75) is 50.7 Å². The summed E-state index contributed by atoms with van der Waals surface area (Å²) in [5.41, 5.74) is 3.99. The molecule has 6 rings (SSSR count). The van der Waals surface area contributed by atoms with Crippen LogP contribution in [0.1, 0.15) is 49.0 Å². The van der Waals surface area contributed by atoms with Gasteiger partial charge in [-0.2, -0.15) is 0 Å². The molecular formula is C27H32ClN5O2.